The summed E-state index contributed by atoms with van der Waals surface area (Å²) in [7, 11) is 0. The quantitative estimate of drug-likeness (QED) is 0.246. The van der Waals surface area contributed by atoms with Gasteiger partial charge in [0.2, 0.25) is 0 Å². The maximum Gasteiger partial charge on any atom is 0.273 e. The van der Waals surface area contributed by atoms with Gasteiger partial charge in [-0.3, -0.25) is 24.9 Å². The lowest BCUT2D eigenvalue weighted by atomic mass is 9.98. The molecule has 45 heavy (non-hydrogen) atoms. The average Bonchev–Trinajstić information content (AvgIpc) is 3.04. The fraction of sp³-hybridized carbons (Fsp3) is 0.389. The van der Waals surface area contributed by atoms with Crippen LogP contribution in [0.15, 0.2) is 81.0 Å². The second-order valence-electron chi connectivity index (χ2n) is 11.3. The van der Waals surface area contributed by atoms with Crippen molar-refractivity contribution in [2.75, 3.05) is 18.5 Å². The number of nitrogens with zero attached hydrogens (tertiary/aromatic N) is 4. The van der Waals surface area contributed by atoms with Crippen molar-refractivity contribution in [3.63, 3.8) is 0 Å². The van der Waals surface area contributed by atoms with Gasteiger partial charge in [-0.2, -0.15) is 0 Å². The van der Waals surface area contributed by atoms with E-state index in [-0.39, 0.29) is 23.3 Å². The molecule has 0 fully saturated rings. The van der Waals surface area contributed by atoms with E-state index in [1.807, 2.05) is 37.6 Å². The van der Waals surface area contributed by atoms with Gasteiger partial charge >= 0.3 is 0 Å². The van der Waals surface area contributed by atoms with Crippen molar-refractivity contribution in [3.8, 4) is 0 Å². The summed E-state index contributed by atoms with van der Waals surface area (Å²) in [5.41, 5.74) is 9.96. The molecule has 1 amide bonds. The molecular weight excluding hydrogens is 581 g/mol. The van der Waals surface area contributed by atoms with E-state index in [1.165, 1.54) is 21.9 Å². The topological polar surface area (TPSA) is 92.2 Å². The van der Waals surface area contributed by atoms with Crippen LogP contribution in [-0.2, 0) is 13.0 Å². The van der Waals surface area contributed by atoms with Crippen LogP contribution >= 0.6 is 11.8 Å². The first-order valence-corrected chi connectivity index (χ1v) is 16.7. The van der Waals surface area contributed by atoms with Crippen LogP contribution in [0.3, 0.4) is 0 Å². The van der Waals surface area contributed by atoms with Crippen LogP contribution in [0.25, 0.3) is 11.6 Å². The zero-order valence-corrected chi connectivity index (χ0v) is 28.2. The van der Waals surface area contributed by atoms with Gasteiger partial charge in [-0.05, 0) is 74.8 Å². The van der Waals surface area contributed by atoms with Crippen LogP contribution in [0.5, 0.6) is 0 Å². The van der Waals surface area contributed by atoms with E-state index >= 15 is 0 Å². The van der Waals surface area contributed by atoms with E-state index in [2.05, 4.69) is 84.8 Å². The number of unbranched alkanes of at least 4 members (excludes halogenated alkanes) is 1. The lowest BCUT2D eigenvalue weighted by molar-refractivity contribution is 0.0952. The van der Waals surface area contributed by atoms with Crippen LogP contribution in [0.2, 0.25) is 0 Å². The summed E-state index contributed by atoms with van der Waals surface area (Å²) in [5.74, 6) is 0.0450. The zero-order chi connectivity index (χ0) is 32.3. The van der Waals surface area contributed by atoms with Crippen LogP contribution in [0, 0.1) is 0 Å². The third kappa shape index (κ3) is 8.83. The predicted molar refractivity (Wildman–Crippen MR) is 188 cm³/mol. The monoisotopic (exact) mass is 626 g/mol. The average molecular weight is 627 g/mol. The number of aromatic nitrogens is 3. The fourth-order valence-corrected chi connectivity index (χ4v) is 6.02. The van der Waals surface area contributed by atoms with E-state index in [4.69, 9.17) is 4.98 Å². The molecule has 0 saturated heterocycles. The molecule has 9 heteroatoms. The second kappa shape index (κ2) is 16.4. The maximum atomic E-state index is 13.2. The molecule has 4 heterocycles. The van der Waals surface area contributed by atoms with E-state index in [0.717, 1.165) is 59.5 Å². The van der Waals surface area contributed by atoms with Gasteiger partial charge in [0.1, 0.15) is 11.9 Å². The molecule has 2 N–H and O–H groups in total. The molecule has 0 saturated carbocycles. The van der Waals surface area contributed by atoms with Crippen molar-refractivity contribution in [2.45, 2.75) is 79.9 Å². The molecule has 1 atom stereocenters. The minimum absolute atomic E-state index is 0.107. The van der Waals surface area contributed by atoms with E-state index in [1.54, 1.807) is 11.8 Å². The summed E-state index contributed by atoms with van der Waals surface area (Å²) in [4.78, 5) is 38.8. The highest BCUT2D eigenvalue weighted by molar-refractivity contribution is 8.05. The smallest absolute Gasteiger partial charge is 0.273 e. The van der Waals surface area contributed by atoms with Crippen molar-refractivity contribution in [1.29, 1.82) is 0 Å². The minimum Gasteiger partial charge on any atom is -0.346 e. The van der Waals surface area contributed by atoms with E-state index in [9.17, 15) is 9.59 Å². The summed E-state index contributed by atoms with van der Waals surface area (Å²) in [5, 5.41) is 4.91. The molecule has 0 radical (unpaired) electrons. The zero-order valence-electron chi connectivity index (χ0n) is 27.4. The van der Waals surface area contributed by atoms with Crippen LogP contribution in [-0.4, -0.2) is 44.7 Å². The van der Waals surface area contributed by atoms with Gasteiger partial charge in [0.05, 0.1) is 0 Å². The molecule has 2 aromatic heterocycles. The highest BCUT2D eigenvalue weighted by atomic mass is 32.2. The highest BCUT2D eigenvalue weighted by Crippen LogP contribution is 2.27. The Kier molecular flexibility index (Phi) is 12.4. The molecule has 1 unspecified atom stereocenters. The summed E-state index contributed by atoms with van der Waals surface area (Å²) >= 11 is 1.57. The second-order valence-corrected chi connectivity index (χ2v) is 12.3. The Balaban J connectivity index is 1.47. The van der Waals surface area contributed by atoms with Crippen LogP contribution < -0.4 is 16.3 Å². The molecule has 0 bridgehead atoms. The predicted octanol–water partition coefficient (Wildman–Crippen LogP) is 6.98. The SMILES string of the molecule is C/C=C(/CNC(=O)c1cc(=O)n2c(n1)C=C(C)C(N1CCc3ncc(C(/C=C\C(C)=C\CCC)=C/C)cc3C1)N2)S/C=C/CC. The minimum atomic E-state index is -0.374. The molecule has 2 aliphatic heterocycles. The molecule has 0 aromatic carbocycles. The van der Waals surface area contributed by atoms with Gasteiger partial charge in [-0.25, -0.2) is 9.66 Å². The number of pyridine rings is 1. The molecule has 8 nitrogen and oxygen atoms in total. The summed E-state index contributed by atoms with van der Waals surface area (Å²) in [6, 6.07) is 3.54. The number of hydrogen-bond donors (Lipinski definition) is 2. The van der Waals surface area contributed by atoms with Crippen LogP contribution in [0.4, 0.5) is 0 Å². The molecule has 238 valence electrons. The molecule has 2 aliphatic rings. The number of carbonyl (C=O) groups excluding carboxylic acids is 1. The lowest BCUT2D eigenvalue weighted by Gasteiger charge is -2.38. The molecule has 0 aliphatic carbocycles. The first-order valence-electron chi connectivity index (χ1n) is 15.8. The largest absolute Gasteiger partial charge is 0.346 e. The Bertz CT molecular complexity index is 1630. The number of amides is 1. The Hall–Kier alpha value is -3.95. The van der Waals surface area contributed by atoms with Crippen molar-refractivity contribution >= 4 is 29.3 Å². The first kappa shape index (κ1) is 33.9. The third-order valence-electron chi connectivity index (χ3n) is 7.87. The highest BCUT2D eigenvalue weighted by Gasteiger charge is 2.29. The van der Waals surface area contributed by atoms with Gasteiger partial charge in [0, 0.05) is 54.5 Å². The first-order chi connectivity index (χ1) is 21.8. The number of carbonyl (C=O) groups is 1. The van der Waals surface area contributed by atoms with Gasteiger partial charge < -0.3 is 5.32 Å². The van der Waals surface area contributed by atoms with Crippen molar-refractivity contribution < 1.29 is 4.79 Å². The van der Waals surface area contributed by atoms with Crippen LogP contribution in [0.1, 0.15) is 93.9 Å². The molecule has 4 rings (SSSR count). The Labute approximate surface area is 271 Å². The molecular formula is C36H46N6O2S. The number of allylic oxidation sites excluding steroid dienone is 8. The van der Waals surface area contributed by atoms with Crippen molar-refractivity contribution in [1.82, 2.24) is 24.9 Å². The number of thioether (sulfide) groups is 1. The maximum absolute atomic E-state index is 13.2. The summed E-state index contributed by atoms with van der Waals surface area (Å²) in [6.07, 6.45) is 20.4. The molecule has 0 spiro atoms. The van der Waals surface area contributed by atoms with Gasteiger partial charge in [-0.15, -0.1) is 11.8 Å². The van der Waals surface area contributed by atoms with Gasteiger partial charge in [0.15, 0.2) is 5.82 Å². The normalized spacial score (nSPS) is 17.7. The standard InChI is InChI=1S/C36H46N6O2S/c1-7-11-13-25(5)14-15-27(9-3)28-20-29-24-41(17-16-31(29)37-22-28)35-26(6)19-33-39-32(21-34(43)42(33)40-35)36(44)38-23-30(10-4)45-18-12-8-2/h9-10,12-15,18-22,35,40H,7-8,11,16-17,23-24H2,1-6H3,(H,38,44)/b15-14-,18-12+,25-13+,27-9+,30-10-. The van der Waals surface area contributed by atoms with E-state index < -0.39 is 0 Å². The molecule has 2 aromatic rings. The fourth-order valence-electron chi connectivity index (χ4n) is 5.27. The number of rotatable bonds is 12. The number of hydrogen-bond acceptors (Lipinski definition) is 7. The number of nitrogens with one attached hydrogen (secondary N) is 2. The Morgan fingerprint density at radius 3 is 2.76 bits per heavy atom. The van der Waals surface area contributed by atoms with Gasteiger partial charge in [-0.1, -0.05) is 62.3 Å². The summed E-state index contributed by atoms with van der Waals surface area (Å²) < 4.78 is 1.44. The van der Waals surface area contributed by atoms with Gasteiger partial charge in [0.25, 0.3) is 11.5 Å². The Morgan fingerprint density at radius 2 is 2.02 bits per heavy atom. The Morgan fingerprint density at radius 1 is 1.20 bits per heavy atom. The number of fused-ring (bicyclic) bond motifs is 2. The third-order valence-corrected chi connectivity index (χ3v) is 8.88. The van der Waals surface area contributed by atoms with Crippen molar-refractivity contribution in [2.24, 2.45) is 0 Å². The van der Waals surface area contributed by atoms with Crippen molar-refractivity contribution in [3.05, 3.63) is 115 Å². The van der Waals surface area contributed by atoms with E-state index in [0.29, 0.717) is 18.9 Å². The summed E-state index contributed by atoms with van der Waals surface area (Å²) in [6.45, 7) is 14.3. The lowest BCUT2D eigenvalue weighted by Crippen LogP contribution is -2.52.